The first-order valence-electron chi connectivity index (χ1n) is 7.36. The summed E-state index contributed by atoms with van der Waals surface area (Å²) in [5, 5.41) is 14.9. The molecule has 0 aromatic rings. The highest BCUT2D eigenvalue weighted by Gasteiger charge is 2.34. The smallest absolute Gasteiger partial charge is 0.393 e. The molecule has 1 aliphatic carbocycles. The number of hydrogen-bond donors (Lipinski definition) is 3. The summed E-state index contributed by atoms with van der Waals surface area (Å²) in [6.07, 6.45) is -1.12. The fourth-order valence-electron chi connectivity index (χ4n) is 2.98. The Labute approximate surface area is 121 Å². The third-order valence-electron chi connectivity index (χ3n) is 4.04. The van der Waals surface area contributed by atoms with Gasteiger partial charge in [-0.05, 0) is 32.1 Å². The number of hydrogen-bond acceptors (Lipinski definition) is 3. The van der Waals surface area contributed by atoms with Crippen molar-refractivity contribution in [3.8, 4) is 0 Å². The van der Waals surface area contributed by atoms with E-state index in [0.717, 1.165) is 12.8 Å². The van der Waals surface area contributed by atoms with Gasteiger partial charge in [-0.1, -0.05) is 0 Å². The molecule has 1 aliphatic heterocycles. The van der Waals surface area contributed by atoms with Crippen molar-refractivity contribution in [2.24, 2.45) is 0 Å². The van der Waals surface area contributed by atoms with Crippen LogP contribution in [0.2, 0.25) is 0 Å². The molecule has 2 amide bonds. The second-order valence-electron chi connectivity index (χ2n) is 5.96. The van der Waals surface area contributed by atoms with Gasteiger partial charge in [0.15, 0.2) is 0 Å². The first-order chi connectivity index (χ1) is 9.82. The molecule has 1 heterocycles. The first kappa shape index (κ1) is 16.4. The largest absolute Gasteiger partial charge is 0.401 e. The van der Waals surface area contributed by atoms with E-state index < -0.39 is 12.7 Å². The van der Waals surface area contributed by atoms with Crippen molar-refractivity contribution in [3.63, 3.8) is 0 Å². The number of aliphatic hydroxyl groups is 1. The summed E-state index contributed by atoms with van der Waals surface area (Å²) in [6.45, 7) is -0.344. The third-order valence-corrected chi connectivity index (χ3v) is 4.04. The van der Waals surface area contributed by atoms with E-state index in [1.807, 2.05) is 0 Å². The second kappa shape index (κ2) is 6.83. The molecule has 0 spiro atoms. The Morgan fingerprint density at radius 1 is 1.10 bits per heavy atom. The van der Waals surface area contributed by atoms with Crippen LogP contribution >= 0.6 is 0 Å². The van der Waals surface area contributed by atoms with E-state index in [1.165, 1.54) is 4.90 Å². The van der Waals surface area contributed by atoms with Gasteiger partial charge in [-0.2, -0.15) is 13.2 Å². The summed E-state index contributed by atoms with van der Waals surface area (Å²) in [4.78, 5) is 13.1. The van der Waals surface area contributed by atoms with Gasteiger partial charge in [-0.25, -0.2) is 4.79 Å². The quantitative estimate of drug-likeness (QED) is 0.734. The lowest BCUT2D eigenvalue weighted by Crippen LogP contribution is -2.48. The second-order valence-corrected chi connectivity index (χ2v) is 5.96. The number of rotatable bonds is 3. The molecule has 0 radical (unpaired) electrons. The Morgan fingerprint density at radius 3 is 2.33 bits per heavy atom. The number of carbonyl (C=O) groups is 1. The lowest BCUT2D eigenvalue weighted by atomic mass is 9.93. The van der Waals surface area contributed by atoms with Gasteiger partial charge in [0, 0.05) is 25.2 Å². The summed E-state index contributed by atoms with van der Waals surface area (Å²) in [5.41, 5.74) is 0. The maximum Gasteiger partial charge on any atom is 0.401 e. The minimum Gasteiger partial charge on any atom is -0.393 e. The van der Waals surface area contributed by atoms with Crippen molar-refractivity contribution in [3.05, 3.63) is 0 Å². The number of carbonyl (C=O) groups excluding carboxylic acids is 1. The molecule has 8 heteroatoms. The molecule has 2 fully saturated rings. The Balaban J connectivity index is 1.67. The Bertz CT molecular complexity index is 357. The molecule has 0 aromatic heterocycles. The van der Waals surface area contributed by atoms with E-state index in [9.17, 15) is 23.1 Å². The van der Waals surface area contributed by atoms with Crippen molar-refractivity contribution in [2.45, 2.75) is 56.5 Å². The number of alkyl halides is 3. The highest BCUT2D eigenvalue weighted by atomic mass is 19.4. The van der Waals surface area contributed by atoms with Gasteiger partial charge >= 0.3 is 12.2 Å². The lowest BCUT2D eigenvalue weighted by Gasteiger charge is -2.27. The molecule has 2 rings (SSSR count). The zero-order valence-corrected chi connectivity index (χ0v) is 11.8. The Kier molecular flexibility index (Phi) is 5.32. The fourth-order valence-corrected chi connectivity index (χ4v) is 2.98. The van der Waals surface area contributed by atoms with Crippen LogP contribution in [-0.4, -0.2) is 60.0 Å². The van der Waals surface area contributed by atoms with Gasteiger partial charge in [-0.15, -0.1) is 0 Å². The molecular weight excluding hydrogens is 287 g/mol. The summed E-state index contributed by atoms with van der Waals surface area (Å²) in [5.74, 6) is 0. The molecule has 1 atom stereocenters. The van der Waals surface area contributed by atoms with Crippen LogP contribution in [0, 0.1) is 0 Å². The number of nitrogens with zero attached hydrogens (tertiary/aromatic N) is 1. The summed E-state index contributed by atoms with van der Waals surface area (Å²) < 4.78 is 36.8. The van der Waals surface area contributed by atoms with Crippen molar-refractivity contribution in [1.82, 2.24) is 15.5 Å². The molecule has 21 heavy (non-hydrogen) atoms. The highest BCUT2D eigenvalue weighted by Crippen LogP contribution is 2.20. The number of likely N-dealkylation sites (tertiary alicyclic amines) is 1. The molecule has 2 aliphatic rings. The van der Waals surface area contributed by atoms with Gasteiger partial charge in [0.2, 0.25) is 0 Å². The van der Waals surface area contributed by atoms with E-state index in [-0.39, 0.29) is 30.8 Å². The van der Waals surface area contributed by atoms with Crippen LogP contribution in [0.3, 0.4) is 0 Å². The van der Waals surface area contributed by atoms with Gasteiger partial charge in [0.05, 0.1) is 12.6 Å². The van der Waals surface area contributed by atoms with E-state index in [4.69, 9.17) is 0 Å². The maximum atomic E-state index is 12.3. The van der Waals surface area contributed by atoms with Crippen molar-refractivity contribution >= 4 is 6.03 Å². The molecule has 5 nitrogen and oxygen atoms in total. The first-order valence-corrected chi connectivity index (χ1v) is 7.36. The predicted molar refractivity (Wildman–Crippen MR) is 70.8 cm³/mol. The Morgan fingerprint density at radius 2 is 1.71 bits per heavy atom. The zero-order valence-electron chi connectivity index (χ0n) is 11.8. The fraction of sp³-hybridized carbons (Fsp3) is 0.923. The molecule has 1 saturated carbocycles. The number of nitrogens with one attached hydrogen (secondary N) is 2. The summed E-state index contributed by atoms with van der Waals surface area (Å²) >= 11 is 0. The monoisotopic (exact) mass is 309 g/mol. The predicted octanol–water partition coefficient (Wildman–Crippen LogP) is 1.23. The van der Waals surface area contributed by atoms with Crippen LogP contribution in [0.25, 0.3) is 0 Å². The average Bonchev–Trinajstić information content (AvgIpc) is 2.77. The van der Waals surface area contributed by atoms with Gasteiger partial charge in [-0.3, -0.25) is 4.90 Å². The van der Waals surface area contributed by atoms with Gasteiger partial charge in [0.25, 0.3) is 0 Å². The molecule has 1 saturated heterocycles. The number of aliphatic hydroxyl groups excluding tert-OH is 1. The molecule has 3 N–H and O–H groups in total. The average molecular weight is 309 g/mol. The van der Waals surface area contributed by atoms with Crippen LogP contribution in [0.1, 0.15) is 32.1 Å². The maximum absolute atomic E-state index is 12.3. The van der Waals surface area contributed by atoms with Crippen LogP contribution < -0.4 is 10.6 Å². The van der Waals surface area contributed by atoms with E-state index in [1.54, 1.807) is 0 Å². The number of amides is 2. The zero-order chi connectivity index (χ0) is 15.5. The summed E-state index contributed by atoms with van der Waals surface area (Å²) in [7, 11) is 0. The number of urea groups is 1. The molecule has 1 unspecified atom stereocenters. The molecule has 0 bridgehead atoms. The van der Waals surface area contributed by atoms with Crippen LogP contribution in [-0.2, 0) is 0 Å². The molecular formula is C13H22F3N3O2. The van der Waals surface area contributed by atoms with Gasteiger partial charge < -0.3 is 15.7 Å². The SMILES string of the molecule is O=C(NC1CCC(O)CC1)NC1CCN(CC(F)(F)F)C1. The third kappa shape index (κ3) is 5.70. The van der Waals surface area contributed by atoms with Crippen molar-refractivity contribution in [1.29, 1.82) is 0 Å². The molecule has 122 valence electrons. The van der Waals surface area contributed by atoms with E-state index in [0.29, 0.717) is 25.8 Å². The normalized spacial score (nSPS) is 31.1. The minimum atomic E-state index is -4.19. The van der Waals surface area contributed by atoms with Gasteiger partial charge in [0.1, 0.15) is 0 Å². The van der Waals surface area contributed by atoms with Crippen LogP contribution in [0.4, 0.5) is 18.0 Å². The summed E-state index contributed by atoms with van der Waals surface area (Å²) in [6, 6.07) is -0.516. The highest BCUT2D eigenvalue weighted by molar-refractivity contribution is 5.74. The van der Waals surface area contributed by atoms with E-state index in [2.05, 4.69) is 10.6 Å². The van der Waals surface area contributed by atoms with Crippen LogP contribution in [0.5, 0.6) is 0 Å². The minimum absolute atomic E-state index is 0.0427. The van der Waals surface area contributed by atoms with Crippen LogP contribution in [0.15, 0.2) is 0 Å². The molecule has 0 aromatic carbocycles. The topological polar surface area (TPSA) is 64.6 Å². The van der Waals surface area contributed by atoms with Crippen molar-refractivity contribution < 1.29 is 23.1 Å². The standard InChI is InChI=1S/C13H22F3N3O2/c14-13(15,16)8-19-6-5-10(7-19)18-12(21)17-9-1-3-11(20)4-2-9/h9-11,20H,1-8H2,(H2,17,18,21). The Hall–Kier alpha value is -1.02. The number of halogens is 3. The van der Waals surface area contributed by atoms with E-state index >= 15 is 0 Å². The lowest BCUT2D eigenvalue weighted by molar-refractivity contribution is -0.143. The van der Waals surface area contributed by atoms with Crippen molar-refractivity contribution in [2.75, 3.05) is 19.6 Å².